The summed E-state index contributed by atoms with van der Waals surface area (Å²) in [7, 11) is 1.37. The number of thiophene rings is 1. The van der Waals surface area contributed by atoms with E-state index < -0.39 is 55.4 Å². The standard InChI is InChI=1S/C14H15F3N2O4S/c1-18(12(21)10-3-2-4-24-10)7-11(20)19-5-8(13(22)23)9(6-19)14(15,16)17/h2-4,8-9H,5-7H2,1H3,(H,22,23)/t8-,9-/m1/s1. The molecule has 2 atom stereocenters. The molecule has 0 aromatic carbocycles. The predicted octanol–water partition coefficient (Wildman–Crippen LogP) is 1.54. The first-order valence-corrected chi connectivity index (χ1v) is 7.85. The van der Waals surface area contributed by atoms with Gasteiger partial charge in [-0.05, 0) is 11.4 Å². The van der Waals surface area contributed by atoms with Crippen LogP contribution in [0.5, 0.6) is 0 Å². The zero-order valence-corrected chi connectivity index (χ0v) is 13.4. The first-order chi connectivity index (χ1) is 11.1. The monoisotopic (exact) mass is 364 g/mol. The molecule has 2 heterocycles. The van der Waals surface area contributed by atoms with Crippen LogP contribution in [0.25, 0.3) is 0 Å². The van der Waals surface area contributed by atoms with Crippen LogP contribution >= 0.6 is 11.3 Å². The number of aliphatic carboxylic acids is 1. The van der Waals surface area contributed by atoms with E-state index in [0.717, 1.165) is 9.80 Å². The number of hydrogen-bond acceptors (Lipinski definition) is 4. The van der Waals surface area contributed by atoms with Crippen LogP contribution in [-0.2, 0) is 9.59 Å². The molecule has 0 saturated carbocycles. The van der Waals surface area contributed by atoms with Crippen molar-refractivity contribution in [3.05, 3.63) is 22.4 Å². The Kier molecular flexibility index (Phi) is 5.16. The molecule has 1 fully saturated rings. The molecule has 0 spiro atoms. The highest BCUT2D eigenvalue weighted by atomic mass is 32.1. The summed E-state index contributed by atoms with van der Waals surface area (Å²) in [5.41, 5.74) is 0. The average molecular weight is 364 g/mol. The molecule has 132 valence electrons. The van der Waals surface area contributed by atoms with Gasteiger partial charge in [0.15, 0.2) is 0 Å². The number of likely N-dealkylation sites (tertiary alicyclic amines) is 1. The summed E-state index contributed by atoms with van der Waals surface area (Å²) < 4.78 is 38.8. The minimum absolute atomic E-state index is 0.406. The molecule has 2 rings (SSSR count). The van der Waals surface area contributed by atoms with Crippen molar-refractivity contribution in [2.45, 2.75) is 6.18 Å². The van der Waals surface area contributed by atoms with Crippen LogP contribution in [0.2, 0.25) is 0 Å². The van der Waals surface area contributed by atoms with E-state index in [1.54, 1.807) is 17.5 Å². The fourth-order valence-electron chi connectivity index (χ4n) is 2.55. The van der Waals surface area contributed by atoms with E-state index in [-0.39, 0.29) is 0 Å². The van der Waals surface area contributed by atoms with E-state index in [1.807, 2.05) is 0 Å². The van der Waals surface area contributed by atoms with Crippen LogP contribution < -0.4 is 0 Å². The third-order valence-corrected chi connectivity index (χ3v) is 4.72. The van der Waals surface area contributed by atoms with Crippen molar-refractivity contribution in [1.29, 1.82) is 0 Å². The zero-order valence-electron chi connectivity index (χ0n) is 12.6. The third-order valence-electron chi connectivity index (χ3n) is 3.86. The molecule has 1 aromatic rings. The first-order valence-electron chi connectivity index (χ1n) is 6.97. The number of carboxylic acids is 1. The van der Waals surface area contributed by atoms with Crippen LogP contribution in [0.4, 0.5) is 13.2 Å². The molecule has 1 saturated heterocycles. The molecule has 10 heteroatoms. The van der Waals surface area contributed by atoms with Crippen molar-refractivity contribution >= 4 is 29.1 Å². The van der Waals surface area contributed by atoms with E-state index in [1.165, 1.54) is 18.4 Å². The number of carbonyl (C=O) groups is 3. The quantitative estimate of drug-likeness (QED) is 0.879. The minimum Gasteiger partial charge on any atom is -0.481 e. The fourth-order valence-corrected chi connectivity index (χ4v) is 3.27. The molecule has 0 radical (unpaired) electrons. The molecule has 1 aliphatic heterocycles. The fraction of sp³-hybridized carbons (Fsp3) is 0.500. The van der Waals surface area contributed by atoms with Crippen molar-refractivity contribution in [2.24, 2.45) is 11.8 Å². The smallest absolute Gasteiger partial charge is 0.394 e. The Morgan fingerprint density at radius 2 is 2.04 bits per heavy atom. The molecule has 1 aromatic heterocycles. The second kappa shape index (κ2) is 6.80. The summed E-state index contributed by atoms with van der Waals surface area (Å²) in [5, 5.41) is 10.6. The number of rotatable bonds is 4. The maximum absolute atomic E-state index is 12.9. The van der Waals surface area contributed by atoms with Crippen LogP contribution in [-0.4, -0.2) is 65.5 Å². The summed E-state index contributed by atoms with van der Waals surface area (Å²) in [6.45, 7) is -1.63. The SMILES string of the molecule is CN(CC(=O)N1C[C@@H](C(F)(F)F)[C@H](C(=O)O)C1)C(=O)c1cccs1. The van der Waals surface area contributed by atoms with Crippen LogP contribution in [0, 0.1) is 11.8 Å². The van der Waals surface area contributed by atoms with Gasteiger partial charge in [-0.3, -0.25) is 14.4 Å². The lowest BCUT2D eigenvalue weighted by molar-refractivity contribution is -0.188. The van der Waals surface area contributed by atoms with Crippen LogP contribution in [0.1, 0.15) is 9.67 Å². The largest absolute Gasteiger partial charge is 0.481 e. The van der Waals surface area contributed by atoms with E-state index >= 15 is 0 Å². The van der Waals surface area contributed by atoms with Crippen LogP contribution in [0.3, 0.4) is 0 Å². The lowest BCUT2D eigenvalue weighted by Gasteiger charge is -2.21. The predicted molar refractivity (Wildman–Crippen MR) is 78.5 cm³/mol. The molecule has 0 unspecified atom stereocenters. The molecule has 24 heavy (non-hydrogen) atoms. The number of carbonyl (C=O) groups excluding carboxylic acids is 2. The van der Waals surface area contributed by atoms with Gasteiger partial charge in [-0.2, -0.15) is 13.2 Å². The number of amides is 2. The van der Waals surface area contributed by atoms with Crippen molar-refractivity contribution in [1.82, 2.24) is 9.80 Å². The van der Waals surface area contributed by atoms with E-state index in [0.29, 0.717) is 4.88 Å². The lowest BCUT2D eigenvalue weighted by Crippen LogP contribution is -2.40. The van der Waals surface area contributed by atoms with Gasteiger partial charge in [0, 0.05) is 20.1 Å². The Morgan fingerprint density at radius 3 is 2.50 bits per heavy atom. The molecule has 6 nitrogen and oxygen atoms in total. The van der Waals surface area contributed by atoms with Crippen molar-refractivity contribution < 1.29 is 32.7 Å². The number of halogens is 3. The van der Waals surface area contributed by atoms with Gasteiger partial charge >= 0.3 is 12.1 Å². The van der Waals surface area contributed by atoms with Gasteiger partial charge in [0.25, 0.3) is 5.91 Å². The molecule has 1 aliphatic rings. The van der Waals surface area contributed by atoms with Crippen molar-refractivity contribution in [2.75, 3.05) is 26.7 Å². The van der Waals surface area contributed by atoms with Gasteiger partial charge in [0.1, 0.15) is 0 Å². The highest BCUT2D eigenvalue weighted by Crippen LogP contribution is 2.37. The highest BCUT2D eigenvalue weighted by Gasteiger charge is 2.53. The Balaban J connectivity index is 2.02. The van der Waals surface area contributed by atoms with Gasteiger partial charge in [-0.15, -0.1) is 11.3 Å². The number of hydrogen-bond donors (Lipinski definition) is 1. The topological polar surface area (TPSA) is 77.9 Å². The minimum atomic E-state index is -4.70. The van der Waals surface area contributed by atoms with Gasteiger partial charge in [0.05, 0.1) is 23.3 Å². The Hall–Kier alpha value is -2.10. The van der Waals surface area contributed by atoms with Gasteiger partial charge in [-0.25, -0.2) is 0 Å². The lowest BCUT2D eigenvalue weighted by atomic mass is 9.96. The zero-order chi connectivity index (χ0) is 18.1. The summed E-state index contributed by atoms with van der Waals surface area (Å²) in [6, 6.07) is 3.24. The van der Waals surface area contributed by atoms with E-state index in [9.17, 15) is 27.6 Å². The maximum atomic E-state index is 12.9. The number of nitrogens with zero attached hydrogens (tertiary/aromatic N) is 2. The average Bonchev–Trinajstić information content (AvgIpc) is 3.14. The summed E-state index contributed by atoms with van der Waals surface area (Å²) >= 11 is 1.18. The first kappa shape index (κ1) is 18.2. The van der Waals surface area contributed by atoms with Crippen LogP contribution in [0.15, 0.2) is 17.5 Å². The molecule has 0 aliphatic carbocycles. The number of likely N-dealkylation sites (N-methyl/N-ethyl adjacent to an activating group) is 1. The van der Waals surface area contributed by atoms with Gasteiger partial charge in [-0.1, -0.05) is 6.07 Å². The molecular weight excluding hydrogens is 349 g/mol. The van der Waals surface area contributed by atoms with Crippen molar-refractivity contribution in [3.8, 4) is 0 Å². The van der Waals surface area contributed by atoms with E-state index in [2.05, 4.69) is 0 Å². The molecule has 1 N–H and O–H groups in total. The number of carboxylic acid groups (broad SMARTS) is 1. The summed E-state index contributed by atoms with van der Waals surface area (Å²) in [5.74, 6) is -6.50. The number of alkyl halides is 3. The molecule has 0 bridgehead atoms. The van der Waals surface area contributed by atoms with E-state index in [4.69, 9.17) is 5.11 Å². The van der Waals surface area contributed by atoms with Crippen molar-refractivity contribution in [3.63, 3.8) is 0 Å². The highest BCUT2D eigenvalue weighted by molar-refractivity contribution is 7.12. The third kappa shape index (κ3) is 3.86. The van der Waals surface area contributed by atoms with Gasteiger partial charge in [0.2, 0.25) is 5.91 Å². The maximum Gasteiger partial charge on any atom is 0.394 e. The molecular formula is C14H15F3N2O4S. The second-order valence-electron chi connectivity index (χ2n) is 5.53. The summed E-state index contributed by atoms with van der Waals surface area (Å²) in [4.78, 5) is 37.6. The second-order valence-corrected chi connectivity index (χ2v) is 6.48. The Labute approximate surface area is 139 Å². The normalized spacial score (nSPS) is 20.9. The molecule has 2 amide bonds. The summed E-state index contributed by atoms with van der Waals surface area (Å²) in [6.07, 6.45) is -4.70. The van der Waals surface area contributed by atoms with Gasteiger partial charge < -0.3 is 14.9 Å². The Bertz CT molecular complexity index is 632. The Morgan fingerprint density at radius 1 is 1.38 bits per heavy atom.